The molecule has 2 aromatic heterocycles. The Bertz CT molecular complexity index is 1420. The fourth-order valence-electron chi connectivity index (χ4n) is 3.25. The first kappa shape index (κ1) is 21.8. The number of fused-ring (bicyclic) bond motifs is 1. The van der Waals surface area contributed by atoms with Crippen molar-refractivity contribution < 1.29 is 4.79 Å². The first-order valence-corrected chi connectivity index (χ1v) is 11.8. The zero-order valence-corrected chi connectivity index (χ0v) is 19.2. The third kappa shape index (κ3) is 4.74. The smallest absolute Gasteiger partial charge is 0.272 e. The van der Waals surface area contributed by atoms with Crippen molar-refractivity contribution in [1.82, 2.24) is 9.55 Å². The predicted octanol–water partition coefficient (Wildman–Crippen LogP) is 4.73. The quantitative estimate of drug-likeness (QED) is 0.332. The fraction of sp³-hybridized carbons (Fsp3) is 0.167. The molecule has 4 rings (SSSR count). The molecule has 2 aromatic carbocycles. The number of nitrogens with one attached hydrogen (secondary N) is 1. The number of thiophene rings is 1. The number of rotatable bonds is 6. The third-order valence-electron chi connectivity index (χ3n) is 5.05. The molecule has 0 radical (unpaired) electrons. The van der Waals surface area contributed by atoms with E-state index in [-0.39, 0.29) is 17.2 Å². The molecule has 0 aliphatic heterocycles. The number of hydrogen-bond acceptors (Lipinski definition) is 6. The molecule has 1 amide bonds. The number of benzene rings is 2. The summed E-state index contributed by atoms with van der Waals surface area (Å²) in [6.45, 7) is 4.48. The van der Waals surface area contributed by atoms with Crippen LogP contribution >= 0.6 is 23.1 Å². The van der Waals surface area contributed by atoms with Crippen LogP contribution in [0.3, 0.4) is 0 Å². The minimum atomic E-state index is -0.234. The molecule has 0 atom stereocenters. The van der Waals surface area contributed by atoms with Crippen LogP contribution in [0.15, 0.2) is 63.9 Å². The molecule has 160 valence electrons. The Balaban J connectivity index is 1.59. The molecule has 0 fully saturated rings. The summed E-state index contributed by atoms with van der Waals surface area (Å²) in [5.74, 6) is -0.145. The lowest BCUT2D eigenvalue weighted by Crippen LogP contribution is -2.24. The fourth-order valence-corrected chi connectivity index (χ4v) is 4.83. The molecule has 0 saturated carbocycles. The van der Waals surface area contributed by atoms with Gasteiger partial charge in [-0.1, -0.05) is 36.0 Å². The topological polar surface area (TPSA) is 87.8 Å². The highest BCUT2D eigenvalue weighted by Gasteiger charge is 2.15. The van der Waals surface area contributed by atoms with Gasteiger partial charge in [-0.05, 0) is 60.2 Å². The maximum atomic E-state index is 13.2. The first-order valence-electron chi connectivity index (χ1n) is 9.91. The average molecular weight is 461 g/mol. The Kier molecular flexibility index (Phi) is 6.40. The summed E-state index contributed by atoms with van der Waals surface area (Å²) in [7, 11) is 0. The van der Waals surface area contributed by atoms with Gasteiger partial charge in [0.2, 0.25) is 5.91 Å². The summed E-state index contributed by atoms with van der Waals surface area (Å²) in [6.07, 6.45) is 0. The lowest BCUT2D eigenvalue weighted by molar-refractivity contribution is -0.113. The second-order valence-electron chi connectivity index (χ2n) is 7.37. The van der Waals surface area contributed by atoms with E-state index >= 15 is 0 Å². The van der Waals surface area contributed by atoms with Gasteiger partial charge in [-0.25, -0.2) is 4.98 Å². The number of aromatic nitrogens is 2. The summed E-state index contributed by atoms with van der Waals surface area (Å²) in [4.78, 5) is 30.3. The number of thioether (sulfide) groups is 1. The SMILES string of the molecule is Cc1ccc(Cn2c(SCC(=O)Nc3cccc(C#N)c3)nc3ccsc3c2=O)cc1C. The van der Waals surface area contributed by atoms with E-state index < -0.39 is 0 Å². The third-order valence-corrected chi connectivity index (χ3v) is 6.92. The monoisotopic (exact) mass is 460 g/mol. The molecule has 0 unspecified atom stereocenters. The first-order chi connectivity index (χ1) is 15.4. The maximum Gasteiger partial charge on any atom is 0.272 e. The van der Waals surface area contributed by atoms with Crippen LogP contribution < -0.4 is 10.9 Å². The van der Waals surface area contributed by atoms with E-state index in [0.717, 1.165) is 11.1 Å². The Labute approximate surface area is 193 Å². The molecule has 0 bridgehead atoms. The zero-order valence-electron chi connectivity index (χ0n) is 17.6. The van der Waals surface area contributed by atoms with Crippen molar-refractivity contribution in [1.29, 1.82) is 5.26 Å². The van der Waals surface area contributed by atoms with Crippen molar-refractivity contribution >= 4 is 44.9 Å². The van der Waals surface area contributed by atoms with Gasteiger partial charge in [0, 0.05) is 5.69 Å². The van der Waals surface area contributed by atoms with E-state index in [1.54, 1.807) is 28.8 Å². The molecule has 6 nitrogen and oxygen atoms in total. The molecular weight excluding hydrogens is 440 g/mol. The second-order valence-corrected chi connectivity index (χ2v) is 9.23. The largest absolute Gasteiger partial charge is 0.325 e. The number of aryl methyl sites for hydroxylation is 2. The van der Waals surface area contributed by atoms with Gasteiger partial charge in [0.05, 0.1) is 29.4 Å². The highest BCUT2D eigenvalue weighted by Crippen LogP contribution is 2.22. The number of nitrogens with zero attached hydrogens (tertiary/aromatic N) is 3. The van der Waals surface area contributed by atoms with Crippen LogP contribution in [0.4, 0.5) is 5.69 Å². The average Bonchev–Trinajstić information content (AvgIpc) is 3.26. The molecule has 1 N–H and O–H groups in total. The highest BCUT2D eigenvalue weighted by atomic mass is 32.2. The minimum Gasteiger partial charge on any atom is -0.325 e. The van der Waals surface area contributed by atoms with Crippen molar-refractivity contribution in [3.05, 3.63) is 86.5 Å². The van der Waals surface area contributed by atoms with Crippen LogP contribution in [0.25, 0.3) is 10.2 Å². The molecule has 8 heteroatoms. The van der Waals surface area contributed by atoms with Crippen LogP contribution in [0, 0.1) is 25.2 Å². The summed E-state index contributed by atoms with van der Waals surface area (Å²) >= 11 is 2.59. The van der Waals surface area contributed by atoms with Gasteiger partial charge in [0.15, 0.2) is 5.16 Å². The van der Waals surface area contributed by atoms with Crippen LogP contribution in [0.5, 0.6) is 0 Å². The van der Waals surface area contributed by atoms with Crippen molar-refractivity contribution in [2.24, 2.45) is 0 Å². The van der Waals surface area contributed by atoms with E-state index in [2.05, 4.69) is 29.4 Å². The standard InChI is InChI=1S/C24H20N4O2S2/c1-15-6-7-18(10-16(15)2)13-28-23(30)22-20(8-9-31-22)27-24(28)32-14-21(29)26-19-5-3-4-17(11-19)12-25/h3-11H,13-14H2,1-2H3,(H,26,29). The highest BCUT2D eigenvalue weighted by molar-refractivity contribution is 7.99. The Morgan fingerprint density at radius 3 is 2.81 bits per heavy atom. The van der Waals surface area contributed by atoms with Gasteiger partial charge in [-0.15, -0.1) is 11.3 Å². The number of nitriles is 1. The molecular formula is C24H20N4O2S2. The maximum absolute atomic E-state index is 13.2. The van der Waals surface area contributed by atoms with Crippen LogP contribution in [0.2, 0.25) is 0 Å². The minimum absolute atomic E-state index is 0.0891. The number of hydrogen-bond donors (Lipinski definition) is 1. The van der Waals surface area contributed by atoms with Gasteiger partial charge in [0.25, 0.3) is 5.56 Å². The molecule has 2 heterocycles. The van der Waals surface area contributed by atoms with Crippen molar-refractivity contribution in [2.45, 2.75) is 25.5 Å². The Morgan fingerprint density at radius 1 is 1.19 bits per heavy atom. The van der Waals surface area contributed by atoms with E-state index in [9.17, 15) is 9.59 Å². The Hall–Kier alpha value is -3.41. The number of anilines is 1. The van der Waals surface area contributed by atoms with E-state index in [1.807, 2.05) is 30.5 Å². The zero-order chi connectivity index (χ0) is 22.7. The number of amides is 1. The normalized spacial score (nSPS) is 10.8. The van der Waals surface area contributed by atoms with Crippen LogP contribution in [-0.4, -0.2) is 21.2 Å². The summed E-state index contributed by atoms with van der Waals surface area (Å²) < 4.78 is 2.24. The molecule has 4 aromatic rings. The van der Waals surface area contributed by atoms with Gasteiger partial charge < -0.3 is 5.32 Å². The van der Waals surface area contributed by atoms with E-state index in [4.69, 9.17) is 5.26 Å². The van der Waals surface area contributed by atoms with Gasteiger partial charge >= 0.3 is 0 Å². The lowest BCUT2D eigenvalue weighted by Gasteiger charge is -2.13. The van der Waals surface area contributed by atoms with Gasteiger partial charge in [-0.2, -0.15) is 5.26 Å². The second kappa shape index (κ2) is 9.39. The molecule has 0 aliphatic carbocycles. The summed E-state index contributed by atoms with van der Waals surface area (Å²) in [6, 6.07) is 16.7. The number of carbonyl (C=O) groups excluding carboxylic acids is 1. The van der Waals surface area contributed by atoms with Crippen molar-refractivity contribution in [3.63, 3.8) is 0 Å². The summed E-state index contributed by atoms with van der Waals surface area (Å²) in [5.41, 5.74) is 4.93. The lowest BCUT2D eigenvalue weighted by atomic mass is 10.1. The molecule has 0 saturated heterocycles. The molecule has 0 spiro atoms. The molecule has 32 heavy (non-hydrogen) atoms. The van der Waals surface area contributed by atoms with Crippen molar-refractivity contribution in [2.75, 3.05) is 11.1 Å². The Morgan fingerprint density at radius 2 is 2.03 bits per heavy atom. The van der Waals surface area contributed by atoms with Crippen molar-refractivity contribution in [3.8, 4) is 6.07 Å². The predicted molar refractivity (Wildman–Crippen MR) is 129 cm³/mol. The van der Waals surface area contributed by atoms with Crippen LogP contribution in [-0.2, 0) is 11.3 Å². The number of carbonyl (C=O) groups is 1. The van der Waals surface area contributed by atoms with E-state index in [1.165, 1.54) is 28.7 Å². The van der Waals surface area contributed by atoms with Gasteiger partial charge in [-0.3, -0.25) is 14.2 Å². The van der Waals surface area contributed by atoms with Gasteiger partial charge in [0.1, 0.15) is 4.70 Å². The molecule has 0 aliphatic rings. The van der Waals surface area contributed by atoms with E-state index in [0.29, 0.717) is 33.2 Å². The summed E-state index contributed by atoms with van der Waals surface area (Å²) in [5, 5.41) is 14.2. The van der Waals surface area contributed by atoms with Crippen LogP contribution in [0.1, 0.15) is 22.3 Å².